The van der Waals surface area contributed by atoms with Gasteiger partial charge in [-0.2, -0.15) is 5.10 Å². The minimum absolute atomic E-state index is 0.0420. The molecule has 0 fully saturated rings. The Labute approximate surface area is 152 Å². The van der Waals surface area contributed by atoms with Crippen LogP contribution >= 0.6 is 0 Å². The minimum Gasteiger partial charge on any atom is -0.507 e. The van der Waals surface area contributed by atoms with Crippen molar-refractivity contribution in [2.45, 2.75) is 85.0 Å². The maximum Gasteiger partial charge on any atom is 0.240 e. The molecule has 0 atom stereocenters. The molecular formula is C21H34N2O2. The van der Waals surface area contributed by atoms with E-state index in [2.05, 4.69) is 65.1 Å². The predicted molar refractivity (Wildman–Crippen MR) is 105 cm³/mol. The number of nitrogens with zero attached hydrogens (tertiary/aromatic N) is 1. The van der Waals surface area contributed by atoms with Gasteiger partial charge in [0.2, 0.25) is 5.91 Å². The van der Waals surface area contributed by atoms with Crippen LogP contribution in [0.4, 0.5) is 0 Å². The summed E-state index contributed by atoms with van der Waals surface area (Å²) in [6, 6.07) is 4.01. The van der Waals surface area contributed by atoms with Gasteiger partial charge in [0.25, 0.3) is 0 Å². The molecule has 1 amide bonds. The molecule has 0 unspecified atom stereocenters. The maximum absolute atomic E-state index is 11.8. The predicted octanol–water partition coefficient (Wildman–Crippen LogP) is 5.02. The van der Waals surface area contributed by atoms with Gasteiger partial charge in [-0.25, -0.2) is 5.43 Å². The summed E-state index contributed by atoms with van der Waals surface area (Å²) in [5.41, 5.74) is 4.97. The number of carbonyl (C=O) groups is 1. The number of carbonyl (C=O) groups excluding carboxylic acids is 1. The zero-order valence-electron chi connectivity index (χ0n) is 16.9. The highest BCUT2D eigenvalue weighted by Gasteiger charge is 2.24. The van der Waals surface area contributed by atoms with Gasteiger partial charge in [-0.15, -0.1) is 0 Å². The lowest BCUT2D eigenvalue weighted by molar-refractivity contribution is -0.121. The molecule has 0 aromatic heterocycles. The number of amides is 1. The van der Waals surface area contributed by atoms with E-state index in [0.717, 1.165) is 30.4 Å². The fourth-order valence-electron chi connectivity index (χ4n) is 2.53. The monoisotopic (exact) mass is 346 g/mol. The standard InChI is InChI=1S/C21H34N2O2/c1-8-9-10-11-18(24)23-22-14-15-12-16(20(2,3)4)13-17(19(15)25)21(5,6)7/h12-14,25H,8-11H2,1-7H3,(H,23,24). The van der Waals surface area contributed by atoms with Crippen LogP contribution in [0.2, 0.25) is 0 Å². The van der Waals surface area contributed by atoms with Crippen LogP contribution in [0, 0.1) is 0 Å². The van der Waals surface area contributed by atoms with Gasteiger partial charge in [0.05, 0.1) is 6.21 Å². The minimum atomic E-state index is -0.183. The van der Waals surface area contributed by atoms with Crippen molar-refractivity contribution in [1.82, 2.24) is 5.43 Å². The van der Waals surface area contributed by atoms with Crippen molar-refractivity contribution in [3.8, 4) is 5.75 Å². The third-order valence-corrected chi connectivity index (χ3v) is 4.21. The van der Waals surface area contributed by atoms with Crippen LogP contribution < -0.4 is 5.43 Å². The van der Waals surface area contributed by atoms with E-state index in [0.29, 0.717) is 12.0 Å². The summed E-state index contributed by atoms with van der Waals surface area (Å²) in [6.45, 7) is 14.8. The fraction of sp³-hybridized carbons (Fsp3) is 0.619. The van der Waals surface area contributed by atoms with Crippen LogP contribution in [-0.4, -0.2) is 17.2 Å². The number of unbranched alkanes of at least 4 members (excludes halogenated alkanes) is 2. The number of hydrazone groups is 1. The van der Waals surface area contributed by atoms with Crippen molar-refractivity contribution >= 4 is 12.1 Å². The Morgan fingerprint density at radius 2 is 1.76 bits per heavy atom. The number of nitrogens with one attached hydrogen (secondary N) is 1. The largest absolute Gasteiger partial charge is 0.507 e. The molecule has 1 aromatic rings. The Balaban J connectivity index is 3.06. The second-order valence-electron chi connectivity index (χ2n) is 8.71. The first kappa shape index (κ1) is 21.2. The van der Waals surface area contributed by atoms with Crippen molar-refractivity contribution in [3.05, 3.63) is 28.8 Å². The van der Waals surface area contributed by atoms with Crippen molar-refractivity contribution in [2.24, 2.45) is 5.10 Å². The van der Waals surface area contributed by atoms with Crippen LogP contribution in [0.5, 0.6) is 5.75 Å². The van der Waals surface area contributed by atoms with Gasteiger partial charge in [-0.3, -0.25) is 4.79 Å². The number of hydrogen-bond acceptors (Lipinski definition) is 3. The Bertz CT molecular complexity index is 620. The summed E-state index contributed by atoms with van der Waals surface area (Å²) < 4.78 is 0. The molecule has 1 rings (SSSR count). The molecule has 0 aliphatic rings. The average Bonchev–Trinajstić information content (AvgIpc) is 2.46. The lowest BCUT2D eigenvalue weighted by atomic mass is 9.79. The second-order valence-corrected chi connectivity index (χ2v) is 8.71. The van der Waals surface area contributed by atoms with E-state index in [4.69, 9.17) is 0 Å². The van der Waals surface area contributed by atoms with Gasteiger partial charge in [-0.1, -0.05) is 67.4 Å². The quantitative estimate of drug-likeness (QED) is 0.432. The van der Waals surface area contributed by atoms with Crippen molar-refractivity contribution in [3.63, 3.8) is 0 Å². The van der Waals surface area contributed by atoms with Crippen LogP contribution in [0.1, 0.15) is 90.8 Å². The molecule has 0 aliphatic carbocycles. The van der Waals surface area contributed by atoms with Gasteiger partial charge in [0.15, 0.2) is 0 Å². The van der Waals surface area contributed by atoms with E-state index in [1.807, 2.05) is 6.07 Å². The van der Waals surface area contributed by atoms with E-state index in [1.54, 1.807) is 0 Å². The molecule has 4 heteroatoms. The van der Waals surface area contributed by atoms with E-state index in [9.17, 15) is 9.90 Å². The maximum atomic E-state index is 11.8. The van der Waals surface area contributed by atoms with Gasteiger partial charge in [0.1, 0.15) is 5.75 Å². The smallest absolute Gasteiger partial charge is 0.240 e. The third-order valence-electron chi connectivity index (χ3n) is 4.21. The number of phenols is 1. The Hall–Kier alpha value is -1.84. The Morgan fingerprint density at radius 1 is 1.12 bits per heavy atom. The summed E-state index contributed by atoms with van der Waals surface area (Å²) >= 11 is 0. The first-order valence-corrected chi connectivity index (χ1v) is 9.16. The van der Waals surface area contributed by atoms with E-state index >= 15 is 0 Å². The molecular weight excluding hydrogens is 312 g/mol. The highest BCUT2D eigenvalue weighted by atomic mass is 16.3. The number of phenolic OH excluding ortho intramolecular Hbond substituents is 1. The van der Waals surface area contributed by atoms with Crippen molar-refractivity contribution in [2.75, 3.05) is 0 Å². The van der Waals surface area contributed by atoms with E-state index in [1.165, 1.54) is 6.21 Å². The summed E-state index contributed by atoms with van der Waals surface area (Å²) in [6.07, 6.45) is 5.01. The van der Waals surface area contributed by atoms with Gasteiger partial charge in [-0.05, 0) is 28.9 Å². The molecule has 0 spiro atoms. The molecule has 140 valence electrons. The molecule has 1 aromatic carbocycles. The number of aromatic hydroxyl groups is 1. The van der Waals surface area contributed by atoms with Crippen LogP contribution in [0.25, 0.3) is 0 Å². The number of rotatable bonds is 6. The normalized spacial score (nSPS) is 12.6. The van der Waals surface area contributed by atoms with Crippen molar-refractivity contribution in [1.29, 1.82) is 0 Å². The van der Waals surface area contributed by atoms with Gasteiger partial charge >= 0.3 is 0 Å². The first-order valence-electron chi connectivity index (χ1n) is 9.16. The van der Waals surface area contributed by atoms with Crippen molar-refractivity contribution < 1.29 is 9.90 Å². The van der Waals surface area contributed by atoms with Crippen LogP contribution in [0.15, 0.2) is 17.2 Å². The molecule has 0 heterocycles. The van der Waals surface area contributed by atoms with Crippen LogP contribution in [-0.2, 0) is 15.6 Å². The fourth-order valence-corrected chi connectivity index (χ4v) is 2.53. The average molecular weight is 347 g/mol. The summed E-state index contributed by atoms with van der Waals surface area (Å²) in [7, 11) is 0. The molecule has 25 heavy (non-hydrogen) atoms. The molecule has 0 radical (unpaired) electrons. The van der Waals surface area contributed by atoms with Crippen LogP contribution in [0.3, 0.4) is 0 Å². The molecule has 4 nitrogen and oxygen atoms in total. The third kappa shape index (κ3) is 6.52. The summed E-state index contributed by atoms with van der Waals surface area (Å²) in [4.78, 5) is 11.8. The molecule has 2 N–H and O–H groups in total. The zero-order chi connectivity index (χ0) is 19.3. The number of benzene rings is 1. The summed E-state index contributed by atoms with van der Waals surface area (Å²) in [5.74, 6) is 0.136. The number of hydrogen-bond donors (Lipinski definition) is 2. The van der Waals surface area contributed by atoms with E-state index < -0.39 is 0 Å². The summed E-state index contributed by atoms with van der Waals surface area (Å²) in [5, 5.41) is 14.7. The van der Waals surface area contributed by atoms with E-state index in [-0.39, 0.29) is 22.5 Å². The molecule has 0 saturated heterocycles. The lowest BCUT2D eigenvalue weighted by Gasteiger charge is -2.26. The molecule has 0 saturated carbocycles. The SMILES string of the molecule is CCCCCC(=O)NN=Cc1cc(C(C)(C)C)cc(C(C)(C)C)c1O. The van der Waals surface area contributed by atoms with Gasteiger partial charge in [0, 0.05) is 17.5 Å². The lowest BCUT2D eigenvalue weighted by Crippen LogP contribution is -2.19. The molecule has 0 bridgehead atoms. The Morgan fingerprint density at radius 3 is 2.28 bits per heavy atom. The second kappa shape index (κ2) is 8.50. The molecule has 0 aliphatic heterocycles. The Kier molecular flexibility index (Phi) is 7.21. The zero-order valence-corrected chi connectivity index (χ0v) is 16.9. The topological polar surface area (TPSA) is 61.7 Å². The highest BCUT2D eigenvalue weighted by molar-refractivity contribution is 5.86. The highest BCUT2D eigenvalue weighted by Crippen LogP contribution is 2.36. The first-order chi connectivity index (χ1) is 11.5. The van der Waals surface area contributed by atoms with Gasteiger partial charge < -0.3 is 5.11 Å².